The minimum atomic E-state index is 0.210. The van der Waals surface area contributed by atoms with Crippen molar-refractivity contribution in [3.05, 3.63) is 11.4 Å². The summed E-state index contributed by atoms with van der Waals surface area (Å²) in [7, 11) is 0. The Bertz CT molecular complexity index is 520. The summed E-state index contributed by atoms with van der Waals surface area (Å²) in [6.45, 7) is 11.1. The second-order valence-electron chi connectivity index (χ2n) is 7.15. The lowest BCUT2D eigenvalue weighted by molar-refractivity contribution is 0.512. The topological polar surface area (TPSA) is 41.1 Å². The minimum absolute atomic E-state index is 0.210. The molecule has 116 valence electrons. The fourth-order valence-electron chi connectivity index (χ4n) is 3.22. The fourth-order valence-corrected chi connectivity index (χ4v) is 3.22. The number of anilines is 2. The van der Waals surface area contributed by atoms with E-state index in [1.807, 2.05) is 0 Å². The van der Waals surface area contributed by atoms with Gasteiger partial charge in [-0.1, -0.05) is 6.92 Å². The van der Waals surface area contributed by atoms with Crippen LogP contribution in [0.15, 0.2) is 0 Å². The van der Waals surface area contributed by atoms with Crippen LogP contribution >= 0.6 is 0 Å². The Morgan fingerprint density at radius 2 is 2.05 bits per heavy atom. The standard InChI is InChI=1S/C17H28N4/c1-5-10-18-14-12(2)16(20-15(19-14)13-7-8-13)21-11-6-9-17(21,3)4/h13H,5-11H2,1-4H3,(H,18,19,20). The average Bonchev–Trinajstić information content (AvgIpc) is 3.22. The Labute approximate surface area is 128 Å². The zero-order valence-electron chi connectivity index (χ0n) is 13.9. The van der Waals surface area contributed by atoms with Crippen molar-refractivity contribution in [3.8, 4) is 0 Å². The maximum Gasteiger partial charge on any atom is 0.137 e. The SMILES string of the molecule is CCCNc1nc(C2CC2)nc(N2CCCC2(C)C)c1C. The Balaban J connectivity index is 1.99. The molecule has 0 radical (unpaired) electrons. The van der Waals surface area contributed by atoms with Crippen LogP contribution in [0.5, 0.6) is 0 Å². The summed E-state index contributed by atoms with van der Waals surface area (Å²) < 4.78 is 0. The van der Waals surface area contributed by atoms with Gasteiger partial charge >= 0.3 is 0 Å². The fraction of sp³-hybridized carbons (Fsp3) is 0.765. The quantitative estimate of drug-likeness (QED) is 0.893. The average molecular weight is 288 g/mol. The van der Waals surface area contributed by atoms with Gasteiger partial charge in [-0.2, -0.15) is 0 Å². The van der Waals surface area contributed by atoms with E-state index in [4.69, 9.17) is 9.97 Å². The first kappa shape index (κ1) is 14.6. The molecule has 1 saturated carbocycles. The number of hydrogen-bond acceptors (Lipinski definition) is 4. The summed E-state index contributed by atoms with van der Waals surface area (Å²) in [5.74, 6) is 3.86. The van der Waals surface area contributed by atoms with Gasteiger partial charge in [-0.3, -0.25) is 0 Å². The lowest BCUT2D eigenvalue weighted by atomic mass is 10.0. The van der Waals surface area contributed by atoms with Gasteiger partial charge in [-0.15, -0.1) is 0 Å². The molecule has 4 heteroatoms. The molecule has 1 aliphatic heterocycles. The normalized spacial score (nSPS) is 20.9. The Kier molecular flexibility index (Phi) is 3.80. The predicted octanol–water partition coefficient (Wildman–Crippen LogP) is 3.86. The number of rotatable bonds is 5. The van der Waals surface area contributed by atoms with Gasteiger partial charge in [-0.05, 0) is 52.9 Å². The zero-order chi connectivity index (χ0) is 15.0. The highest BCUT2D eigenvalue weighted by atomic mass is 15.3. The van der Waals surface area contributed by atoms with E-state index in [0.29, 0.717) is 5.92 Å². The van der Waals surface area contributed by atoms with Crippen molar-refractivity contribution >= 4 is 11.6 Å². The summed E-state index contributed by atoms with van der Waals surface area (Å²) in [5.41, 5.74) is 1.42. The molecule has 21 heavy (non-hydrogen) atoms. The van der Waals surface area contributed by atoms with Crippen LogP contribution in [0.4, 0.5) is 11.6 Å². The Morgan fingerprint density at radius 1 is 1.29 bits per heavy atom. The summed E-state index contributed by atoms with van der Waals surface area (Å²) >= 11 is 0. The van der Waals surface area contributed by atoms with Gasteiger partial charge in [0.1, 0.15) is 17.5 Å². The van der Waals surface area contributed by atoms with E-state index in [2.05, 4.69) is 37.9 Å². The van der Waals surface area contributed by atoms with E-state index in [1.165, 1.54) is 31.2 Å². The maximum absolute atomic E-state index is 4.96. The molecular weight excluding hydrogens is 260 g/mol. The van der Waals surface area contributed by atoms with Crippen LogP contribution in [0.2, 0.25) is 0 Å². The van der Waals surface area contributed by atoms with E-state index in [9.17, 15) is 0 Å². The van der Waals surface area contributed by atoms with Crippen LogP contribution in [0.25, 0.3) is 0 Å². The molecule has 2 aliphatic rings. The molecule has 1 aliphatic carbocycles. The Hall–Kier alpha value is -1.32. The van der Waals surface area contributed by atoms with E-state index in [-0.39, 0.29) is 5.54 Å². The van der Waals surface area contributed by atoms with Gasteiger partial charge < -0.3 is 10.2 Å². The molecule has 1 aromatic rings. The third-order valence-corrected chi connectivity index (χ3v) is 4.78. The number of nitrogens with one attached hydrogen (secondary N) is 1. The molecule has 0 unspecified atom stereocenters. The summed E-state index contributed by atoms with van der Waals surface area (Å²) in [4.78, 5) is 12.3. The molecule has 0 amide bonds. The lowest BCUT2D eigenvalue weighted by Crippen LogP contribution is -2.39. The van der Waals surface area contributed by atoms with Gasteiger partial charge in [0.2, 0.25) is 0 Å². The third-order valence-electron chi connectivity index (χ3n) is 4.78. The molecule has 1 saturated heterocycles. The third kappa shape index (κ3) is 2.85. The van der Waals surface area contributed by atoms with Crippen molar-refractivity contribution in [2.45, 2.75) is 71.3 Å². The highest BCUT2D eigenvalue weighted by Crippen LogP contribution is 2.42. The van der Waals surface area contributed by atoms with Gasteiger partial charge in [-0.25, -0.2) is 9.97 Å². The van der Waals surface area contributed by atoms with E-state index < -0.39 is 0 Å². The van der Waals surface area contributed by atoms with E-state index >= 15 is 0 Å². The van der Waals surface area contributed by atoms with Crippen molar-refractivity contribution in [2.75, 3.05) is 23.3 Å². The van der Waals surface area contributed by atoms with Crippen LogP contribution in [-0.2, 0) is 0 Å². The molecule has 0 aromatic carbocycles. The molecule has 0 atom stereocenters. The van der Waals surface area contributed by atoms with Gasteiger partial charge in [0.05, 0.1) is 0 Å². The minimum Gasteiger partial charge on any atom is -0.370 e. The van der Waals surface area contributed by atoms with Crippen molar-refractivity contribution in [1.82, 2.24) is 9.97 Å². The maximum atomic E-state index is 4.96. The second-order valence-corrected chi connectivity index (χ2v) is 7.15. The largest absolute Gasteiger partial charge is 0.370 e. The van der Waals surface area contributed by atoms with Gasteiger partial charge in [0.15, 0.2) is 0 Å². The van der Waals surface area contributed by atoms with Crippen LogP contribution in [0, 0.1) is 6.92 Å². The predicted molar refractivity (Wildman–Crippen MR) is 88.2 cm³/mol. The monoisotopic (exact) mass is 288 g/mol. The van der Waals surface area contributed by atoms with Crippen LogP contribution in [0.3, 0.4) is 0 Å². The first-order chi connectivity index (χ1) is 10.0. The van der Waals surface area contributed by atoms with Gasteiger partial charge in [0.25, 0.3) is 0 Å². The number of hydrogen-bond donors (Lipinski definition) is 1. The van der Waals surface area contributed by atoms with E-state index in [0.717, 1.165) is 37.0 Å². The first-order valence-electron chi connectivity index (χ1n) is 8.43. The molecule has 4 nitrogen and oxygen atoms in total. The van der Waals surface area contributed by atoms with Crippen molar-refractivity contribution in [1.29, 1.82) is 0 Å². The van der Waals surface area contributed by atoms with Crippen LogP contribution < -0.4 is 10.2 Å². The summed E-state index contributed by atoms with van der Waals surface area (Å²) in [6, 6.07) is 0. The summed E-state index contributed by atoms with van der Waals surface area (Å²) in [5, 5.41) is 3.50. The lowest BCUT2D eigenvalue weighted by Gasteiger charge is -2.34. The number of nitrogens with zero attached hydrogens (tertiary/aromatic N) is 3. The molecule has 0 spiro atoms. The van der Waals surface area contributed by atoms with Gasteiger partial charge in [0, 0.05) is 30.1 Å². The Morgan fingerprint density at radius 3 is 2.62 bits per heavy atom. The number of aromatic nitrogens is 2. The van der Waals surface area contributed by atoms with Crippen molar-refractivity contribution in [3.63, 3.8) is 0 Å². The highest BCUT2D eigenvalue weighted by molar-refractivity contribution is 5.60. The smallest absolute Gasteiger partial charge is 0.137 e. The first-order valence-corrected chi connectivity index (χ1v) is 8.43. The zero-order valence-corrected chi connectivity index (χ0v) is 13.9. The molecular formula is C17H28N4. The summed E-state index contributed by atoms with van der Waals surface area (Å²) in [6.07, 6.45) is 6.12. The molecule has 3 rings (SSSR count). The van der Waals surface area contributed by atoms with Crippen LogP contribution in [0.1, 0.15) is 70.2 Å². The molecule has 2 heterocycles. The highest BCUT2D eigenvalue weighted by Gasteiger charge is 2.36. The molecule has 2 fully saturated rings. The van der Waals surface area contributed by atoms with Crippen LogP contribution in [-0.4, -0.2) is 28.6 Å². The molecule has 1 aromatic heterocycles. The second kappa shape index (κ2) is 5.47. The molecule has 0 bridgehead atoms. The van der Waals surface area contributed by atoms with Crippen molar-refractivity contribution < 1.29 is 0 Å². The van der Waals surface area contributed by atoms with E-state index in [1.54, 1.807) is 0 Å². The molecule has 1 N–H and O–H groups in total. The van der Waals surface area contributed by atoms with Crippen molar-refractivity contribution in [2.24, 2.45) is 0 Å².